The lowest BCUT2D eigenvalue weighted by Gasteiger charge is -2.03. The van der Waals surface area contributed by atoms with Gasteiger partial charge >= 0.3 is 0 Å². The van der Waals surface area contributed by atoms with Crippen LogP contribution in [-0.2, 0) is 0 Å². The molecule has 5 heteroatoms. The van der Waals surface area contributed by atoms with E-state index in [9.17, 15) is 4.39 Å². The minimum atomic E-state index is -0.392. The van der Waals surface area contributed by atoms with Crippen molar-refractivity contribution in [1.29, 1.82) is 0 Å². The lowest BCUT2D eigenvalue weighted by Crippen LogP contribution is -1.93. The number of nitrogens with zero attached hydrogens (tertiary/aromatic N) is 2. The van der Waals surface area contributed by atoms with Crippen molar-refractivity contribution in [2.75, 3.05) is 5.73 Å². The zero-order valence-corrected chi connectivity index (χ0v) is 10.8. The zero-order chi connectivity index (χ0) is 14.1. The lowest BCUT2D eigenvalue weighted by atomic mass is 10.1. The number of rotatable bonds is 2. The van der Waals surface area contributed by atoms with Crippen LogP contribution in [0, 0.1) is 12.7 Å². The molecule has 1 heterocycles. The van der Waals surface area contributed by atoms with Crippen molar-refractivity contribution in [1.82, 2.24) is 10.1 Å². The van der Waals surface area contributed by atoms with E-state index in [1.807, 2.05) is 19.1 Å². The van der Waals surface area contributed by atoms with Gasteiger partial charge in [-0.25, -0.2) is 4.39 Å². The molecule has 1 aromatic heterocycles. The molecule has 0 bridgehead atoms. The molecule has 0 aliphatic heterocycles. The Morgan fingerprint density at radius 3 is 2.60 bits per heavy atom. The second kappa shape index (κ2) is 4.77. The summed E-state index contributed by atoms with van der Waals surface area (Å²) < 4.78 is 18.9. The summed E-state index contributed by atoms with van der Waals surface area (Å²) in [5.74, 6) is 0.0977. The maximum Gasteiger partial charge on any atom is 0.260 e. The molecule has 3 rings (SSSR count). The summed E-state index contributed by atoms with van der Waals surface area (Å²) >= 11 is 0. The van der Waals surface area contributed by atoms with Crippen LogP contribution in [0.3, 0.4) is 0 Å². The van der Waals surface area contributed by atoms with Crippen molar-refractivity contribution in [2.45, 2.75) is 6.92 Å². The number of aryl methyl sites for hydroxylation is 1. The minimum Gasteiger partial charge on any atom is -0.398 e. The standard InChI is InChI=1S/C15H12FN3O/c1-9-5-4-7-11(13(9)17)15-18-14(19-20-15)10-6-2-3-8-12(10)16/h2-8H,17H2,1H3. The Kier molecular flexibility index (Phi) is 2.95. The molecule has 0 unspecified atom stereocenters. The molecule has 0 amide bonds. The Bertz CT molecular complexity index is 767. The van der Waals surface area contributed by atoms with Gasteiger partial charge in [0.05, 0.1) is 11.1 Å². The Labute approximate surface area is 115 Å². The summed E-state index contributed by atoms with van der Waals surface area (Å²) in [4.78, 5) is 4.22. The van der Waals surface area contributed by atoms with Gasteiger partial charge in [0, 0.05) is 5.69 Å². The molecule has 2 aromatic carbocycles. The summed E-state index contributed by atoms with van der Waals surface area (Å²) in [6.45, 7) is 1.90. The number of aromatic nitrogens is 2. The average molecular weight is 269 g/mol. The fourth-order valence-corrected chi connectivity index (χ4v) is 1.95. The van der Waals surface area contributed by atoms with E-state index in [1.54, 1.807) is 24.3 Å². The third kappa shape index (κ3) is 2.03. The van der Waals surface area contributed by atoms with Crippen molar-refractivity contribution in [3.63, 3.8) is 0 Å². The van der Waals surface area contributed by atoms with Gasteiger partial charge in [-0.1, -0.05) is 29.4 Å². The first-order valence-electron chi connectivity index (χ1n) is 6.11. The van der Waals surface area contributed by atoms with E-state index in [1.165, 1.54) is 6.07 Å². The van der Waals surface area contributed by atoms with Gasteiger partial charge in [-0.3, -0.25) is 0 Å². The molecule has 0 saturated heterocycles. The van der Waals surface area contributed by atoms with Crippen LogP contribution >= 0.6 is 0 Å². The van der Waals surface area contributed by atoms with Crippen LogP contribution in [0.1, 0.15) is 5.56 Å². The molecule has 0 radical (unpaired) electrons. The highest BCUT2D eigenvalue weighted by molar-refractivity contribution is 5.74. The van der Waals surface area contributed by atoms with Crippen molar-refractivity contribution >= 4 is 5.69 Å². The monoisotopic (exact) mass is 269 g/mol. The van der Waals surface area contributed by atoms with Crippen molar-refractivity contribution in [2.24, 2.45) is 0 Å². The summed E-state index contributed by atoms with van der Waals surface area (Å²) in [6, 6.07) is 11.8. The van der Waals surface area contributed by atoms with Gasteiger partial charge in [-0.2, -0.15) is 4.98 Å². The molecule has 3 aromatic rings. The fourth-order valence-electron chi connectivity index (χ4n) is 1.95. The molecule has 0 saturated carbocycles. The molecule has 0 aliphatic carbocycles. The molecular weight excluding hydrogens is 257 g/mol. The molecule has 0 atom stereocenters. The molecule has 100 valence electrons. The maximum absolute atomic E-state index is 13.7. The number of nitrogen functional groups attached to an aromatic ring is 1. The maximum atomic E-state index is 13.7. The smallest absolute Gasteiger partial charge is 0.260 e. The van der Waals surface area contributed by atoms with Crippen LogP contribution in [0.25, 0.3) is 22.8 Å². The van der Waals surface area contributed by atoms with Gasteiger partial charge in [-0.15, -0.1) is 0 Å². The predicted molar refractivity (Wildman–Crippen MR) is 74.3 cm³/mol. The predicted octanol–water partition coefficient (Wildman–Crippen LogP) is 3.43. The molecule has 0 aliphatic rings. The summed E-state index contributed by atoms with van der Waals surface area (Å²) in [7, 11) is 0. The molecule has 4 nitrogen and oxygen atoms in total. The number of hydrogen-bond acceptors (Lipinski definition) is 4. The SMILES string of the molecule is Cc1cccc(-c2nc(-c3ccccc3F)no2)c1N. The normalized spacial score (nSPS) is 10.7. The van der Waals surface area contributed by atoms with E-state index in [0.717, 1.165) is 5.56 Å². The first-order valence-corrected chi connectivity index (χ1v) is 6.11. The van der Waals surface area contributed by atoms with Gasteiger partial charge in [-0.05, 0) is 30.7 Å². The van der Waals surface area contributed by atoms with Crippen LogP contribution in [0.2, 0.25) is 0 Å². The second-order valence-electron chi connectivity index (χ2n) is 4.44. The van der Waals surface area contributed by atoms with Gasteiger partial charge in [0.15, 0.2) is 0 Å². The third-order valence-corrected chi connectivity index (χ3v) is 3.10. The first-order chi connectivity index (χ1) is 9.66. The van der Waals surface area contributed by atoms with Crippen LogP contribution in [-0.4, -0.2) is 10.1 Å². The summed E-state index contributed by atoms with van der Waals surface area (Å²) in [6.07, 6.45) is 0. The number of hydrogen-bond donors (Lipinski definition) is 1. The number of para-hydroxylation sites is 1. The zero-order valence-electron chi connectivity index (χ0n) is 10.8. The van der Waals surface area contributed by atoms with E-state index >= 15 is 0 Å². The third-order valence-electron chi connectivity index (χ3n) is 3.10. The van der Waals surface area contributed by atoms with Crippen molar-refractivity contribution in [3.05, 3.63) is 53.8 Å². The van der Waals surface area contributed by atoms with Crippen LogP contribution in [0.15, 0.2) is 47.0 Å². The molecule has 20 heavy (non-hydrogen) atoms. The number of benzene rings is 2. The number of halogens is 1. The van der Waals surface area contributed by atoms with E-state index < -0.39 is 5.82 Å². The lowest BCUT2D eigenvalue weighted by molar-refractivity contribution is 0.432. The Morgan fingerprint density at radius 2 is 1.80 bits per heavy atom. The van der Waals surface area contributed by atoms with E-state index in [2.05, 4.69) is 10.1 Å². The van der Waals surface area contributed by atoms with E-state index in [-0.39, 0.29) is 11.7 Å². The Morgan fingerprint density at radius 1 is 1.05 bits per heavy atom. The van der Waals surface area contributed by atoms with Crippen molar-refractivity contribution < 1.29 is 8.91 Å². The largest absolute Gasteiger partial charge is 0.398 e. The quantitative estimate of drug-likeness (QED) is 0.724. The highest BCUT2D eigenvalue weighted by Crippen LogP contribution is 2.29. The average Bonchev–Trinajstić information content (AvgIpc) is 2.92. The first kappa shape index (κ1) is 12.3. The van der Waals surface area contributed by atoms with Gasteiger partial charge in [0.2, 0.25) is 5.82 Å². The molecule has 2 N–H and O–H groups in total. The van der Waals surface area contributed by atoms with Gasteiger partial charge < -0.3 is 10.3 Å². The fraction of sp³-hybridized carbons (Fsp3) is 0.0667. The molecule has 0 spiro atoms. The van der Waals surface area contributed by atoms with Crippen LogP contribution in [0.4, 0.5) is 10.1 Å². The van der Waals surface area contributed by atoms with Crippen molar-refractivity contribution in [3.8, 4) is 22.8 Å². The second-order valence-corrected chi connectivity index (χ2v) is 4.44. The van der Waals surface area contributed by atoms with Gasteiger partial charge in [0.1, 0.15) is 5.82 Å². The number of anilines is 1. The summed E-state index contributed by atoms with van der Waals surface area (Å²) in [5.41, 5.74) is 8.45. The highest BCUT2D eigenvalue weighted by atomic mass is 19.1. The molecular formula is C15H12FN3O. The highest BCUT2D eigenvalue weighted by Gasteiger charge is 2.15. The topological polar surface area (TPSA) is 64.9 Å². The number of nitrogens with two attached hydrogens (primary N) is 1. The van der Waals surface area contributed by atoms with E-state index in [4.69, 9.17) is 10.3 Å². The van der Waals surface area contributed by atoms with Crippen LogP contribution in [0.5, 0.6) is 0 Å². The van der Waals surface area contributed by atoms with Crippen LogP contribution < -0.4 is 5.73 Å². The summed E-state index contributed by atoms with van der Waals surface area (Å²) in [5, 5.41) is 3.81. The van der Waals surface area contributed by atoms with E-state index in [0.29, 0.717) is 16.8 Å². The minimum absolute atomic E-state index is 0.207. The Hall–Kier alpha value is -2.69. The Balaban J connectivity index is 2.07. The molecule has 0 fully saturated rings. The van der Waals surface area contributed by atoms with Gasteiger partial charge in [0.25, 0.3) is 5.89 Å².